The highest BCUT2D eigenvalue weighted by atomic mass is 35.5. The summed E-state index contributed by atoms with van der Waals surface area (Å²) in [5.41, 5.74) is 4.02. The lowest BCUT2D eigenvalue weighted by atomic mass is 10.0. The normalized spacial score (nSPS) is 15.0. The van der Waals surface area contributed by atoms with Crippen molar-refractivity contribution in [2.75, 3.05) is 6.61 Å². The maximum absolute atomic E-state index is 9.49. The molecule has 0 bridgehead atoms. The van der Waals surface area contributed by atoms with Crippen molar-refractivity contribution in [1.29, 1.82) is 0 Å². The van der Waals surface area contributed by atoms with Gasteiger partial charge >= 0.3 is 0 Å². The van der Waals surface area contributed by atoms with Crippen molar-refractivity contribution < 1.29 is 9.84 Å². The Balaban J connectivity index is 1.78. The Bertz CT molecular complexity index is 931. The van der Waals surface area contributed by atoms with Gasteiger partial charge in [0.1, 0.15) is 5.75 Å². The van der Waals surface area contributed by atoms with Gasteiger partial charge in [-0.1, -0.05) is 24.4 Å². The zero-order valence-electron chi connectivity index (χ0n) is 14.8. The van der Waals surface area contributed by atoms with Crippen molar-refractivity contribution in [3.8, 4) is 16.9 Å². The molecule has 0 amide bonds. The fourth-order valence-electron chi connectivity index (χ4n) is 3.78. The lowest BCUT2D eigenvalue weighted by Gasteiger charge is -2.18. The Morgan fingerprint density at radius 1 is 1.23 bits per heavy atom. The molecular formula is C21H22ClNO2S. The number of hydrogen-bond donors (Lipinski definition) is 1. The summed E-state index contributed by atoms with van der Waals surface area (Å²) < 4.78 is 7.38. The molecule has 0 unspecified atom stereocenters. The third-order valence-corrected chi connectivity index (χ3v) is 6.45. The first-order chi connectivity index (χ1) is 12.7. The zero-order valence-corrected chi connectivity index (χ0v) is 16.4. The first kappa shape index (κ1) is 17.8. The average molecular weight is 388 g/mol. The second-order valence-electron chi connectivity index (χ2n) is 7.00. The van der Waals surface area contributed by atoms with E-state index in [1.54, 1.807) is 11.3 Å². The van der Waals surface area contributed by atoms with Crippen LogP contribution in [0.2, 0.25) is 5.02 Å². The van der Waals surface area contributed by atoms with Gasteiger partial charge < -0.3 is 9.84 Å². The minimum atomic E-state index is 0.0279. The van der Waals surface area contributed by atoms with Crippen LogP contribution in [-0.4, -0.2) is 16.7 Å². The van der Waals surface area contributed by atoms with E-state index in [0.29, 0.717) is 10.9 Å². The molecule has 1 N–H and O–H groups in total. The Kier molecular flexibility index (Phi) is 5.16. The molecule has 3 aromatic rings. The van der Waals surface area contributed by atoms with Crippen LogP contribution in [0.3, 0.4) is 0 Å². The number of pyridine rings is 1. The van der Waals surface area contributed by atoms with E-state index in [1.165, 1.54) is 25.7 Å². The molecule has 5 heteroatoms. The molecule has 1 aliphatic carbocycles. The third kappa shape index (κ3) is 3.46. The van der Waals surface area contributed by atoms with Crippen LogP contribution < -0.4 is 4.74 Å². The van der Waals surface area contributed by atoms with Gasteiger partial charge in [-0.15, -0.1) is 11.3 Å². The molecule has 0 aliphatic heterocycles. The lowest BCUT2D eigenvalue weighted by molar-refractivity contribution is 0.251. The molecule has 136 valence electrons. The maximum atomic E-state index is 9.49. The number of thiophene rings is 1. The molecule has 3 nitrogen and oxygen atoms in total. The molecule has 0 saturated heterocycles. The van der Waals surface area contributed by atoms with E-state index in [0.717, 1.165) is 44.1 Å². The Hall–Kier alpha value is -1.62. The van der Waals surface area contributed by atoms with Crippen LogP contribution in [0.25, 0.3) is 21.3 Å². The number of aliphatic hydroxyl groups excluding tert-OH is 1. The van der Waals surface area contributed by atoms with E-state index >= 15 is 0 Å². The summed E-state index contributed by atoms with van der Waals surface area (Å²) in [6, 6.07) is 7.89. The van der Waals surface area contributed by atoms with E-state index in [2.05, 4.69) is 4.98 Å². The number of benzene rings is 1. The number of ether oxygens (including phenoxy) is 1. The van der Waals surface area contributed by atoms with Crippen molar-refractivity contribution in [1.82, 2.24) is 4.98 Å². The van der Waals surface area contributed by atoms with Crippen molar-refractivity contribution >= 4 is 33.2 Å². The molecular weight excluding hydrogens is 366 g/mol. The zero-order chi connectivity index (χ0) is 18.1. The first-order valence-corrected chi connectivity index (χ1v) is 10.3. The van der Waals surface area contributed by atoms with E-state index in [1.807, 2.05) is 37.4 Å². The van der Waals surface area contributed by atoms with Crippen LogP contribution in [-0.2, 0) is 6.61 Å². The van der Waals surface area contributed by atoms with E-state index in [9.17, 15) is 5.11 Å². The van der Waals surface area contributed by atoms with Crippen LogP contribution >= 0.6 is 22.9 Å². The summed E-state index contributed by atoms with van der Waals surface area (Å²) in [6.45, 7) is 2.83. The number of aliphatic hydroxyl groups is 1. The van der Waals surface area contributed by atoms with Gasteiger partial charge in [-0.05, 0) is 55.5 Å². The second kappa shape index (κ2) is 7.55. The second-order valence-corrected chi connectivity index (χ2v) is 8.58. The fraction of sp³-hybridized carbons (Fsp3) is 0.381. The number of fused-ring (bicyclic) bond motifs is 1. The van der Waals surface area contributed by atoms with Gasteiger partial charge in [0.2, 0.25) is 0 Å². The van der Waals surface area contributed by atoms with Gasteiger partial charge in [-0.2, -0.15) is 0 Å². The molecule has 1 fully saturated rings. The molecule has 2 aromatic heterocycles. The molecule has 1 aliphatic rings. The predicted molar refractivity (Wildman–Crippen MR) is 108 cm³/mol. The van der Waals surface area contributed by atoms with Crippen LogP contribution in [0.15, 0.2) is 30.5 Å². The van der Waals surface area contributed by atoms with Crippen molar-refractivity contribution in [3.05, 3.63) is 45.9 Å². The fourth-order valence-corrected chi connectivity index (χ4v) is 5.05. The van der Waals surface area contributed by atoms with Crippen molar-refractivity contribution in [2.24, 2.45) is 5.92 Å². The number of aryl methyl sites for hydroxylation is 1. The van der Waals surface area contributed by atoms with Crippen molar-refractivity contribution in [2.45, 2.75) is 39.2 Å². The maximum Gasteiger partial charge on any atom is 0.130 e. The van der Waals surface area contributed by atoms with Gasteiger partial charge in [-0.25, -0.2) is 0 Å². The van der Waals surface area contributed by atoms with Crippen LogP contribution in [0, 0.1) is 12.8 Å². The number of hydrogen-bond acceptors (Lipinski definition) is 4. The topological polar surface area (TPSA) is 42.4 Å². The Morgan fingerprint density at radius 2 is 2.04 bits per heavy atom. The van der Waals surface area contributed by atoms with Gasteiger partial charge in [0.05, 0.1) is 23.4 Å². The SMILES string of the molecule is Cc1cc(Cl)cc(-c2ccnc3cc(CO)sc23)c1OCC1CCCC1. The standard InChI is InChI=1S/C21H22ClNO2S/c1-13-8-15(22)9-18(20(13)25-12-14-4-2-3-5-14)17-6-7-23-19-10-16(11-24)26-21(17)19/h6-10,14,24H,2-5,11-12H2,1H3. The van der Waals surface area contributed by atoms with Crippen molar-refractivity contribution in [3.63, 3.8) is 0 Å². The highest BCUT2D eigenvalue weighted by Gasteiger charge is 2.19. The predicted octanol–water partition coefficient (Wildman–Crippen LogP) is 5.99. The first-order valence-electron chi connectivity index (χ1n) is 9.07. The molecule has 0 radical (unpaired) electrons. The summed E-state index contributed by atoms with van der Waals surface area (Å²) in [4.78, 5) is 5.35. The largest absolute Gasteiger partial charge is 0.492 e. The summed E-state index contributed by atoms with van der Waals surface area (Å²) in [6.07, 6.45) is 6.94. The molecule has 26 heavy (non-hydrogen) atoms. The number of rotatable bonds is 5. The van der Waals surface area contributed by atoms with Crippen LogP contribution in [0.4, 0.5) is 0 Å². The smallest absolute Gasteiger partial charge is 0.130 e. The van der Waals surface area contributed by atoms with Crippen LogP contribution in [0.1, 0.15) is 36.1 Å². The van der Waals surface area contributed by atoms with E-state index in [4.69, 9.17) is 16.3 Å². The molecule has 0 spiro atoms. The molecule has 1 saturated carbocycles. The lowest BCUT2D eigenvalue weighted by Crippen LogP contribution is -2.09. The van der Waals surface area contributed by atoms with E-state index < -0.39 is 0 Å². The molecule has 0 atom stereocenters. The summed E-state index contributed by atoms with van der Waals surface area (Å²) in [7, 11) is 0. The number of nitrogens with zero attached hydrogens (tertiary/aromatic N) is 1. The quantitative estimate of drug-likeness (QED) is 0.584. The van der Waals surface area contributed by atoms with Gasteiger partial charge in [0, 0.05) is 27.2 Å². The van der Waals surface area contributed by atoms with Gasteiger partial charge in [-0.3, -0.25) is 4.98 Å². The third-order valence-electron chi connectivity index (χ3n) is 5.09. The highest BCUT2D eigenvalue weighted by molar-refractivity contribution is 7.19. The monoisotopic (exact) mass is 387 g/mol. The average Bonchev–Trinajstić information content (AvgIpc) is 3.29. The molecule has 1 aromatic carbocycles. The molecule has 4 rings (SSSR count). The Labute approximate surface area is 162 Å². The minimum Gasteiger partial charge on any atom is -0.492 e. The van der Waals surface area contributed by atoms with Crippen LogP contribution in [0.5, 0.6) is 5.75 Å². The van der Waals surface area contributed by atoms with Gasteiger partial charge in [0.15, 0.2) is 0 Å². The molecule has 2 heterocycles. The summed E-state index contributed by atoms with van der Waals surface area (Å²) in [5, 5.41) is 10.2. The number of halogens is 1. The van der Waals surface area contributed by atoms with E-state index in [-0.39, 0.29) is 6.61 Å². The summed E-state index contributed by atoms with van der Waals surface area (Å²) in [5.74, 6) is 1.56. The highest BCUT2D eigenvalue weighted by Crippen LogP contribution is 2.41. The Morgan fingerprint density at radius 3 is 2.81 bits per heavy atom. The summed E-state index contributed by atoms with van der Waals surface area (Å²) >= 11 is 7.95. The van der Waals surface area contributed by atoms with Gasteiger partial charge in [0.25, 0.3) is 0 Å². The minimum absolute atomic E-state index is 0.0279. The number of aromatic nitrogens is 1.